The molecule has 3 heteroatoms. The van der Waals surface area contributed by atoms with E-state index < -0.39 is 0 Å². The van der Waals surface area contributed by atoms with Crippen LogP contribution in [0.4, 0.5) is 0 Å². The van der Waals surface area contributed by atoms with Gasteiger partial charge >= 0.3 is 0 Å². The number of rotatable bonds is 5. The number of aromatic nitrogens is 1. The average molecular weight is 180 g/mol. The predicted molar refractivity (Wildman–Crippen MR) is 52.2 cm³/mol. The van der Waals surface area contributed by atoms with Crippen molar-refractivity contribution in [3.63, 3.8) is 0 Å². The molecule has 0 amide bonds. The lowest BCUT2D eigenvalue weighted by Gasteiger charge is -2.13. The molecule has 0 saturated carbocycles. The first-order valence-corrected chi connectivity index (χ1v) is 4.60. The van der Waals surface area contributed by atoms with Crippen LogP contribution in [0.1, 0.15) is 18.9 Å². The fourth-order valence-corrected chi connectivity index (χ4v) is 1.10. The summed E-state index contributed by atoms with van der Waals surface area (Å²) in [7, 11) is 0. The Balaban J connectivity index is 2.34. The van der Waals surface area contributed by atoms with E-state index in [0.29, 0.717) is 0 Å². The molecule has 0 aliphatic rings. The Hall–Kier alpha value is -0.930. The van der Waals surface area contributed by atoms with Gasteiger partial charge in [0.2, 0.25) is 0 Å². The van der Waals surface area contributed by atoms with Crippen LogP contribution in [0.2, 0.25) is 0 Å². The quantitative estimate of drug-likeness (QED) is 0.709. The zero-order valence-electron chi connectivity index (χ0n) is 7.90. The van der Waals surface area contributed by atoms with Gasteiger partial charge in [0.1, 0.15) is 0 Å². The van der Waals surface area contributed by atoms with Crippen LogP contribution < -0.4 is 5.32 Å². The third-order valence-electron chi connectivity index (χ3n) is 2.03. The SMILES string of the molecule is CC[C@H](CO)NCc1cccnc1. The summed E-state index contributed by atoms with van der Waals surface area (Å²) in [5, 5.41) is 12.2. The first-order chi connectivity index (χ1) is 6.36. The van der Waals surface area contributed by atoms with E-state index in [1.54, 1.807) is 6.20 Å². The van der Waals surface area contributed by atoms with Crippen LogP contribution in [0.25, 0.3) is 0 Å². The van der Waals surface area contributed by atoms with E-state index in [1.807, 2.05) is 18.3 Å². The van der Waals surface area contributed by atoms with Crippen molar-refractivity contribution in [2.45, 2.75) is 25.9 Å². The Kier molecular flexibility index (Phi) is 4.43. The maximum atomic E-state index is 8.93. The number of hydrogen-bond acceptors (Lipinski definition) is 3. The first-order valence-electron chi connectivity index (χ1n) is 4.60. The van der Waals surface area contributed by atoms with Crippen molar-refractivity contribution in [3.8, 4) is 0 Å². The van der Waals surface area contributed by atoms with Gasteiger partial charge < -0.3 is 10.4 Å². The van der Waals surface area contributed by atoms with Gasteiger partial charge in [-0.3, -0.25) is 4.98 Å². The summed E-state index contributed by atoms with van der Waals surface area (Å²) in [5.41, 5.74) is 1.15. The summed E-state index contributed by atoms with van der Waals surface area (Å²) < 4.78 is 0. The highest BCUT2D eigenvalue weighted by molar-refractivity contribution is 5.07. The standard InChI is InChI=1S/C10H16N2O/c1-2-10(8-13)12-7-9-4-3-5-11-6-9/h3-6,10,12-13H,2,7-8H2,1H3/t10-/m1/s1. The summed E-state index contributed by atoms with van der Waals surface area (Å²) in [6.45, 7) is 3.01. The zero-order chi connectivity index (χ0) is 9.52. The molecule has 1 heterocycles. The Bertz CT molecular complexity index is 222. The number of pyridine rings is 1. The molecular formula is C10H16N2O. The number of hydrogen-bond donors (Lipinski definition) is 2. The molecule has 0 bridgehead atoms. The van der Waals surface area contributed by atoms with Crippen molar-refractivity contribution in [2.24, 2.45) is 0 Å². The van der Waals surface area contributed by atoms with Crippen LogP contribution in [-0.4, -0.2) is 22.7 Å². The summed E-state index contributed by atoms with van der Waals surface area (Å²) >= 11 is 0. The minimum Gasteiger partial charge on any atom is -0.395 e. The molecule has 1 atom stereocenters. The average Bonchev–Trinajstić information content (AvgIpc) is 2.21. The molecule has 1 aromatic heterocycles. The van der Waals surface area contributed by atoms with Gasteiger partial charge in [-0.2, -0.15) is 0 Å². The molecule has 0 radical (unpaired) electrons. The molecule has 0 spiro atoms. The van der Waals surface area contributed by atoms with E-state index in [0.717, 1.165) is 18.5 Å². The second-order valence-electron chi connectivity index (χ2n) is 3.03. The second-order valence-corrected chi connectivity index (χ2v) is 3.03. The first kappa shape index (κ1) is 10.2. The van der Waals surface area contributed by atoms with E-state index in [-0.39, 0.29) is 12.6 Å². The molecule has 0 fully saturated rings. The molecule has 3 nitrogen and oxygen atoms in total. The lowest BCUT2D eigenvalue weighted by atomic mass is 10.2. The lowest BCUT2D eigenvalue weighted by Crippen LogP contribution is -2.31. The molecule has 0 saturated heterocycles. The molecule has 0 aliphatic carbocycles. The highest BCUT2D eigenvalue weighted by Gasteiger charge is 2.02. The predicted octanol–water partition coefficient (Wildman–Crippen LogP) is 0.942. The minimum atomic E-state index is 0.191. The van der Waals surface area contributed by atoms with Gasteiger partial charge in [0.15, 0.2) is 0 Å². The highest BCUT2D eigenvalue weighted by Crippen LogP contribution is 1.97. The fraction of sp³-hybridized carbons (Fsp3) is 0.500. The molecule has 0 unspecified atom stereocenters. The van der Waals surface area contributed by atoms with Crippen molar-refractivity contribution in [2.75, 3.05) is 6.61 Å². The molecule has 1 aromatic rings. The minimum absolute atomic E-state index is 0.191. The van der Waals surface area contributed by atoms with Crippen LogP contribution in [-0.2, 0) is 6.54 Å². The van der Waals surface area contributed by atoms with Crippen LogP contribution in [0.5, 0.6) is 0 Å². The normalized spacial score (nSPS) is 12.8. The monoisotopic (exact) mass is 180 g/mol. The summed E-state index contributed by atoms with van der Waals surface area (Å²) in [4.78, 5) is 4.01. The van der Waals surface area contributed by atoms with Gasteiger partial charge in [-0.15, -0.1) is 0 Å². The third-order valence-corrected chi connectivity index (χ3v) is 2.03. The van der Waals surface area contributed by atoms with Crippen molar-refractivity contribution in [1.29, 1.82) is 0 Å². The van der Waals surface area contributed by atoms with E-state index in [2.05, 4.69) is 17.2 Å². The number of aliphatic hydroxyl groups is 1. The van der Waals surface area contributed by atoms with E-state index in [1.165, 1.54) is 0 Å². The van der Waals surface area contributed by atoms with Crippen LogP contribution in [0.15, 0.2) is 24.5 Å². The van der Waals surface area contributed by atoms with Gasteiger partial charge in [-0.05, 0) is 18.1 Å². The van der Waals surface area contributed by atoms with Gasteiger partial charge in [0.25, 0.3) is 0 Å². The zero-order valence-corrected chi connectivity index (χ0v) is 7.90. The van der Waals surface area contributed by atoms with E-state index >= 15 is 0 Å². The van der Waals surface area contributed by atoms with Crippen LogP contribution >= 0.6 is 0 Å². The summed E-state index contributed by atoms with van der Waals surface area (Å²) in [6, 6.07) is 4.13. The maximum absolute atomic E-state index is 8.93. The molecule has 0 aliphatic heterocycles. The van der Waals surface area contributed by atoms with Crippen molar-refractivity contribution < 1.29 is 5.11 Å². The van der Waals surface area contributed by atoms with E-state index in [9.17, 15) is 0 Å². The molecule has 13 heavy (non-hydrogen) atoms. The second kappa shape index (κ2) is 5.67. The van der Waals surface area contributed by atoms with Gasteiger partial charge in [0.05, 0.1) is 6.61 Å². The van der Waals surface area contributed by atoms with Gasteiger partial charge in [-0.25, -0.2) is 0 Å². The van der Waals surface area contributed by atoms with Crippen molar-refractivity contribution in [3.05, 3.63) is 30.1 Å². The maximum Gasteiger partial charge on any atom is 0.0584 e. The number of nitrogens with zero attached hydrogens (tertiary/aromatic N) is 1. The summed E-state index contributed by atoms with van der Waals surface area (Å²) in [6.07, 6.45) is 4.53. The van der Waals surface area contributed by atoms with Crippen LogP contribution in [0, 0.1) is 0 Å². The lowest BCUT2D eigenvalue weighted by molar-refractivity contribution is 0.238. The van der Waals surface area contributed by atoms with Gasteiger partial charge in [0, 0.05) is 25.0 Å². The molecule has 1 rings (SSSR count). The molecule has 0 aromatic carbocycles. The summed E-state index contributed by atoms with van der Waals surface area (Å²) in [5.74, 6) is 0. The Morgan fingerprint density at radius 1 is 1.62 bits per heavy atom. The molecule has 72 valence electrons. The number of nitrogens with one attached hydrogen (secondary N) is 1. The largest absolute Gasteiger partial charge is 0.395 e. The third kappa shape index (κ3) is 3.53. The Morgan fingerprint density at radius 3 is 3.00 bits per heavy atom. The van der Waals surface area contributed by atoms with Crippen molar-refractivity contribution in [1.82, 2.24) is 10.3 Å². The topological polar surface area (TPSA) is 45.1 Å². The highest BCUT2D eigenvalue weighted by atomic mass is 16.3. The van der Waals surface area contributed by atoms with Crippen molar-refractivity contribution >= 4 is 0 Å². The van der Waals surface area contributed by atoms with Crippen LogP contribution in [0.3, 0.4) is 0 Å². The molecule has 2 N–H and O–H groups in total. The molecular weight excluding hydrogens is 164 g/mol. The smallest absolute Gasteiger partial charge is 0.0584 e. The number of aliphatic hydroxyl groups excluding tert-OH is 1. The Morgan fingerprint density at radius 2 is 2.46 bits per heavy atom. The van der Waals surface area contributed by atoms with Gasteiger partial charge in [-0.1, -0.05) is 13.0 Å². The fourth-order valence-electron chi connectivity index (χ4n) is 1.10. The van der Waals surface area contributed by atoms with E-state index in [4.69, 9.17) is 5.11 Å². The Labute approximate surface area is 78.8 Å².